The van der Waals surface area contributed by atoms with E-state index in [0.29, 0.717) is 11.5 Å². The number of rotatable bonds is 8. The number of ether oxygens (including phenoxy) is 1. The molecule has 0 rings (SSSR count). The van der Waals surface area contributed by atoms with Crippen LogP contribution < -0.4 is 5.32 Å². The molecule has 3 nitrogen and oxygen atoms in total. The second-order valence-electron chi connectivity index (χ2n) is 6.85. The average Bonchev–Trinajstić information content (AvgIpc) is 2.12. The van der Waals surface area contributed by atoms with Crippen LogP contribution in [0.1, 0.15) is 41.0 Å². The number of methoxy groups -OCH3 is 1. The molecular weight excluding hydrogens is 212 g/mol. The quantitative estimate of drug-likeness (QED) is 0.709. The first-order valence-electron chi connectivity index (χ1n) is 6.51. The molecule has 0 heterocycles. The van der Waals surface area contributed by atoms with Crippen molar-refractivity contribution in [2.45, 2.75) is 52.7 Å². The standard InChI is InChI=1S/C14H32N2O/c1-12(9-14(4,5)17-8)15-10-13(2,3)11-16(6)7/h12,15H,9-11H2,1-8H3. The number of hydrogen-bond acceptors (Lipinski definition) is 3. The van der Waals surface area contributed by atoms with E-state index in [4.69, 9.17) is 4.74 Å². The first-order chi connectivity index (χ1) is 7.58. The van der Waals surface area contributed by atoms with E-state index in [1.807, 2.05) is 0 Å². The summed E-state index contributed by atoms with van der Waals surface area (Å²) in [6.45, 7) is 13.2. The van der Waals surface area contributed by atoms with Gasteiger partial charge in [0.2, 0.25) is 0 Å². The van der Waals surface area contributed by atoms with Crippen molar-refractivity contribution in [3.63, 3.8) is 0 Å². The normalized spacial score (nSPS) is 15.4. The minimum atomic E-state index is -0.0435. The van der Waals surface area contributed by atoms with Crippen LogP contribution >= 0.6 is 0 Å². The third-order valence-electron chi connectivity index (χ3n) is 3.02. The van der Waals surface area contributed by atoms with Gasteiger partial charge in [0.05, 0.1) is 5.60 Å². The Morgan fingerprint density at radius 1 is 1.18 bits per heavy atom. The van der Waals surface area contributed by atoms with Crippen LogP contribution in [0.25, 0.3) is 0 Å². The van der Waals surface area contributed by atoms with Gasteiger partial charge in [0, 0.05) is 26.2 Å². The summed E-state index contributed by atoms with van der Waals surface area (Å²) in [5.74, 6) is 0. The molecular formula is C14H32N2O. The minimum absolute atomic E-state index is 0.0435. The summed E-state index contributed by atoms with van der Waals surface area (Å²) in [7, 11) is 6.03. The predicted molar refractivity (Wildman–Crippen MR) is 75.5 cm³/mol. The van der Waals surface area contributed by atoms with E-state index in [2.05, 4.69) is 58.9 Å². The molecule has 3 heteroatoms. The Morgan fingerprint density at radius 3 is 2.12 bits per heavy atom. The molecule has 0 bridgehead atoms. The molecule has 0 aromatic rings. The van der Waals surface area contributed by atoms with E-state index in [1.165, 1.54) is 0 Å². The summed E-state index contributed by atoms with van der Waals surface area (Å²) in [4.78, 5) is 2.24. The van der Waals surface area contributed by atoms with Gasteiger partial charge in [-0.1, -0.05) is 13.8 Å². The summed E-state index contributed by atoms with van der Waals surface area (Å²) in [5.41, 5.74) is 0.257. The lowest BCUT2D eigenvalue weighted by molar-refractivity contribution is 0.00770. The highest BCUT2D eigenvalue weighted by molar-refractivity contribution is 4.79. The maximum Gasteiger partial charge on any atom is 0.0637 e. The van der Waals surface area contributed by atoms with E-state index in [9.17, 15) is 0 Å². The van der Waals surface area contributed by atoms with E-state index >= 15 is 0 Å². The molecule has 0 radical (unpaired) electrons. The van der Waals surface area contributed by atoms with Crippen LogP contribution in [0.3, 0.4) is 0 Å². The first-order valence-corrected chi connectivity index (χ1v) is 6.51. The fraction of sp³-hybridized carbons (Fsp3) is 1.00. The Bertz CT molecular complexity index is 212. The lowest BCUT2D eigenvalue weighted by Gasteiger charge is -2.32. The minimum Gasteiger partial charge on any atom is -0.379 e. The highest BCUT2D eigenvalue weighted by atomic mass is 16.5. The van der Waals surface area contributed by atoms with Gasteiger partial charge < -0.3 is 15.0 Å². The molecule has 0 aliphatic rings. The zero-order valence-corrected chi connectivity index (χ0v) is 13.1. The van der Waals surface area contributed by atoms with Crippen molar-refractivity contribution in [2.75, 3.05) is 34.3 Å². The monoisotopic (exact) mass is 244 g/mol. The molecule has 0 aromatic carbocycles. The molecule has 0 amide bonds. The van der Waals surface area contributed by atoms with Gasteiger partial charge in [-0.2, -0.15) is 0 Å². The maximum absolute atomic E-state index is 5.46. The molecule has 0 saturated heterocycles. The molecule has 1 atom stereocenters. The Balaban J connectivity index is 4.02. The summed E-state index contributed by atoms with van der Waals surface area (Å²) in [5, 5.41) is 3.61. The fourth-order valence-corrected chi connectivity index (χ4v) is 2.26. The van der Waals surface area contributed by atoms with Crippen LogP contribution in [0.15, 0.2) is 0 Å². The highest BCUT2D eigenvalue weighted by Crippen LogP contribution is 2.18. The smallest absolute Gasteiger partial charge is 0.0637 e. The Hall–Kier alpha value is -0.120. The molecule has 1 unspecified atom stereocenters. The van der Waals surface area contributed by atoms with E-state index in [1.54, 1.807) is 7.11 Å². The van der Waals surface area contributed by atoms with Crippen LogP contribution in [-0.4, -0.2) is 50.8 Å². The van der Waals surface area contributed by atoms with Crippen molar-refractivity contribution in [1.29, 1.82) is 0 Å². The SMILES string of the molecule is COC(C)(C)CC(C)NCC(C)(C)CN(C)C. The maximum atomic E-state index is 5.46. The first kappa shape index (κ1) is 16.9. The van der Waals surface area contributed by atoms with Crippen molar-refractivity contribution in [3.05, 3.63) is 0 Å². The second kappa shape index (κ2) is 6.72. The molecule has 0 aliphatic carbocycles. The second-order valence-corrected chi connectivity index (χ2v) is 6.85. The van der Waals surface area contributed by atoms with Gasteiger partial charge in [0.25, 0.3) is 0 Å². The van der Waals surface area contributed by atoms with Gasteiger partial charge >= 0.3 is 0 Å². The van der Waals surface area contributed by atoms with Crippen molar-refractivity contribution >= 4 is 0 Å². The van der Waals surface area contributed by atoms with Crippen molar-refractivity contribution in [1.82, 2.24) is 10.2 Å². The van der Waals surface area contributed by atoms with Gasteiger partial charge in [-0.15, -0.1) is 0 Å². The summed E-state index contributed by atoms with van der Waals surface area (Å²) in [6, 6.07) is 0.478. The molecule has 17 heavy (non-hydrogen) atoms. The summed E-state index contributed by atoms with van der Waals surface area (Å²) >= 11 is 0. The summed E-state index contributed by atoms with van der Waals surface area (Å²) < 4.78 is 5.46. The number of nitrogens with one attached hydrogen (secondary N) is 1. The topological polar surface area (TPSA) is 24.5 Å². The molecule has 104 valence electrons. The Kier molecular flexibility index (Phi) is 6.67. The average molecular weight is 244 g/mol. The van der Waals surface area contributed by atoms with E-state index in [0.717, 1.165) is 19.5 Å². The van der Waals surface area contributed by atoms with Crippen LogP contribution in [0.2, 0.25) is 0 Å². The lowest BCUT2D eigenvalue weighted by Crippen LogP contribution is -2.43. The van der Waals surface area contributed by atoms with Crippen molar-refractivity contribution in [2.24, 2.45) is 5.41 Å². The van der Waals surface area contributed by atoms with Crippen LogP contribution in [0.5, 0.6) is 0 Å². The molecule has 0 aliphatic heterocycles. The lowest BCUT2D eigenvalue weighted by atomic mass is 9.91. The predicted octanol–water partition coefficient (Wildman–Crippen LogP) is 2.37. The third kappa shape index (κ3) is 8.58. The molecule has 0 saturated carbocycles. The molecule has 0 spiro atoms. The van der Waals surface area contributed by atoms with Gasteiger partial charge in [-0.25, -0.2) is 0 Å². The van der Waals surface area contributed by atoms with Gasteiger partial charge in [0.15, 0.2) is 0 Å². The van der Waals surface area contributed by atoms with E-state index in [-0.39, 0.29) is 5.60 Å². The number of hydrogen-bond donors (Lipinski definition) is 1. The number of nitrogens with zero attached hydrogens (tertiary/aromatic N) is 1. The molecule has 0 aromatic heterocycles. The van der Waals surface area contributed by atoms with Gasteiger partial charge in [-0.05, 0) is 46.7 Å². The summed E-state index contributed by atoms with van der Waals surface area (Å²) in [6.07, 6.45) is 1.03. The largest absolute Gasteiger partial charge is 0.379 e. The third-order valence-corrected chi connectivity index (χ3v) is 3.02. The van der Waals surface area contributed by atoms with E-state index < -0.39 is 0 Å². The highest BCUT2D eigenvalue weighted by Gasteiger charge is 2.23. The van der Waals surface area contributed by atoms with Gasteiger partial charge in [-0.3, -0.25) is 0 Å². The van der Waals surface area contributed by atoms with Crippen LogP contribution in [0, 0.1) is 5.41 Å². The Morgan fingerprint density at radius 2 is 1.71 bits per heavy atom. The van der Waals surface area contributed by atoms with Crippen LogP contribution in [-0.2, 0) is 4.74 Å². The Labute approximate surface area is 108 Å². The molecule has 1 N–H and O–H groups in total. The van der Waals surface area contributed by atoms with Crippen molar-refractivity contribution < 1.29 is 4.74 Å². The van der Waals surface area contributed by atoms with Crippen molar-refractivity contribution in [3.8, 4) is 0 Å². The zero-order valence-electron chi connectivity index (χ0n) is 13.1. The zero-order chi connectivity index (χ0) is 13.7. The van der Waals surface area contributed by atoms with Gasteiger partial charge in [0.1, 0.15) is 0 Å². The van der Waals surface area contributed by atoms with Crippen LogP contribution in [0.4, 0.5) is 0 Å². The fourth-order valence-electron chi connectivity index (χ4n) is 2.26. The molecule has 0 fully saturated rings.